The van der Waals surface area contributed by atoms with Crippen LogP contribution in [-0.2, 0) is 4.79 Å². The Balaban J connectivity index is 2.03. The van der Waals surface area contributed by atoms with Crippen molar-refractivity contribution in [3.63, 3.8) is 0 Å². The van der Waals surface area contributed by atoms with E-state index < -0.39 is 0 Å². The van der Waals surface area contributed by atoms with Crippen molar-refractivity contribution < 1.29 is 9.18 Å². The molecule has 1 saturated heterocycles. The van der Waals surface area contributed by atoms with E-state index in [0.717, 1.165) is 37.8 Å². The molecule has 1 atom stereocenters. The van der Waals surface area contributed by atoms with E-state index >= 15 is 0 Å². The fraction of sp³-hybridized carbons (Fsp3) is 0.500. The van der Waals surface area contributed by atoms with E-state index in [9.17, 15) is 9.18 Å². The Morgan fingerprint density at radius 1 is 1.39 bits per heavy atom. The first-order valence-corrected chi connectivity index (χ1v) is 6.47. The highest BCUT2D eigenvalue weighted by Gasteiger charge is 2.20. The molecule has 3 nitrogen and oxygen atoms in total. The van der Waals surface area contributed by atoms with Gasteiger partial charge in [-0.25, -0.2) is 4.39 Å². The first kappa shape index (κ1) is 13.0. The van der Waals surface area contributed by atoms with E-state index in [1.807, 2.05) is 6.92 Å². The molecule has 1 amide bonds. The van der Waals surface area contributed by atoms with E-state index in [4.69, 9.17) is 0 Å². The molecule has 4 heteroatoms. The van der Waals surface area contributed by atoms with Crippen LogP contribution in [0.5, 0.6) is 0 Å². The van der Waals surface area contributed by atoms with Crippen LogP contribution in [0.1, 0.15) is 31.2 Å². The minimum absolute atomic E-state index is 0.138. The quantitative estimate of drug-likeness (QED) is 0.847. The normalized spacial score (nSPS) is 20.2. The summed E-state index contributed by atoms with van der Waals surface area (Å²) in [7, 11) is 0. The molecule has 2 rings (SSSR count). The Morgan fingerprint density at radius 3 is 3.06 bits per heavy atom. The summed E-state index contributed by atoms with van der Waals surface area (Å²) in [4.78, 5) is 12.0. The number of nitrogens with one attached hydrogen (secondary N) is 2. The second-order valence-electron chi connectivity index (χ2n) is 4.83. The van der Waals surface area contributed by atoms with Gasteiger partial charge in [-0.2, -0.15) is 0 Å². The molecule has 1 aliphatic rings. The number of amides is 1. The highest BCUT2D eigenvalue weighted by Crippen LogP contribution is 2.17. The van der Waals surface area contributed by atoms with Crippen molar-refractivity contribution in [3.05, 3.63) is 29.6 Å². The minimum Gasteiger partial charge on any atom is -0.322 e. The smallest absolute Gasteiger partial charge is 0.241 e. The van der Waals surface area contributed by atoms with E-state index in [-0.39, 0.29) is 23.5 Å². The summed E-state index contributed by atoms with van der Waals surface area (Å²) in [6, 6.07) is 4.53. The minimum atomic E-state index is -0.387. The van der Waals surface area contributed by atoms with Crippen molar-refractivity contribution in [3.8, 4) is 0 Å². The number of carbonyl (C=O) groups is 1. The number of hydrogen-bond acceptors (Lipinski definition) is 2. The lowest BCUT2D eigenvalue weighted by Gasteiger charge is -2.16. The van der Waals surface area contributed by atoms with Gasteiger partial charge in [0.25, 0.3) is 0 Å². The molecule has 0 spiro atoms. The molecule has 1 fully saturated rings. The van der Waals surface area contributed by atoms with Crippen LogP contribution in [0.3, 0.4) is 0 Å². The maximum Gasteiger partial charge on any atom is 0.241 e. The van der Waals surface area contributed by atoms with E-state index in [1.54, 1.807) is 12.1 Å². The summed E-state index contributed by atoms with van der Waals surface area (Å²) in [5.41, 5.74) is 1.20. The van der Waals surface area contributed by atoms with Crippen LogP contribution in [-0.4, -0.2) is 18.5 Å². The molecule has 0 aliphatic carbocycles. The fourth-order valence-corrected chi connectivity index (χ4v) is 2.21. The highest BCUT2D eigenvalue weighted by atomic mass is 19.1. The van der Waals surface area contributed by atoms with Crippen LogP contribution < -0.4 is 10.6 Å². The molecular formula is C14H19FN2O. The maximum atomic E-state index is 13.5. The van der Waals surface area contributed by atoms with Crippen molar-refractivity contribution in [1.29, 1.82) is 0 Å². The van der Waals surface area contributed by atoms with Crippen LogP contribution in [0.4, 0.5) is 10.1 Å². The molecule has 1 unspecified atom stereocenters. The van der Waals surface area contributed by atoms with Gasteiger partial charge in [-0.1, -0.05) is 18.9 Å². The van der Waals surface area contributed by atoms with E-state index in [0.29, 0.717) is 0 Å². The average molecular weight is 250 g/mol. The summed E-state index contributed by atoms with van der Waals surface area (Å²) in [6.45, 7) is 2.73. The lowest BCUT2D eigenvalue weighted by Crippen LogP contribution is -2.40. The van der Waals surface area contributed by atoms with Gasteiger partial charge in [0.15, 0.2) is 0 Å². The van der Waals surface area contributed by atoms with Crippen LogP contribution in [0.25, 0.3) is 0 Å². The number of hydrogen-bond donors (Lipinski definition) is 2. The van der Waals surface area contributed by atoms with Crippen molar-refractivity contribution in [2.75, 3.05) is 11.9 Å². The topological polar surface area (TPSA) is 41.1 Å². The number of rotatable bonds is 2. The van der Waals surface area contributed by atoms with Crippen molar-refractivity contribution in [2.45, 2.75) is 38.6 Å². The van der Waals surface area contributed by atoms with Crippen LogP contribution >= 0.6 is 0 Å². The Hall–Kier alpha value is -1.42. The fourth-order valence-electron chi connectivity index (χ4n) is 2.21. The third-order valence-electron chi connectivity index (χ3n) is 3.26. The van der Waals surface area contributed by atoms with Crippen LogP contribution in [0.2, 0.25) is 0 Å². The van der Waals surface area contributed by atoms with Crippen LogP contribution in [0.15, 0.2) is 18.2 Å². The lowest BCUT2D eigenvalue weighted by atomic mass is 10.1. The molecule has 0 saturated carbocycles. The van der Waals surface area contributed by atoms with E-state index in [2.05, 4.69) is 10.6 Å². The summed E-state index contributed by atoms with van der Waals surface area (Å²) in [5, 5.41) is 5.87. The largest absolute Gasteiger partial charge is 0.322 e. The van der Waals surface area contributed by atoms with Crippen molar-refractivity contribution in [2.24, 2.45) is 0 Å². The standard InChI is InChI=1S/C14H19FN2O/c1-10-6-7-11(15)13(9-10)17-14(18)12-5-3-2-4-8-16-12/h6-7,9,12,16H,2-5,8H2,1H3,(H,17,18). The molecule has 1 aliphatic heterocycles. The molecule has 1 aromatic rings. The highest BCUT2D eigenvalue weighted by molar-refractivity contribution is 5.95. The number of benzene rings is 1. The number of aryl methyl sites for hydroxylation is 1. The Kier molecular flexibility index (Phi) is 4.31. The zero-order valence-electron chi connectivity index (χ0n) is 10.6. The summed E-state index contributed by atoms with van der Waals surface area (Å²) in [5.74, 6) is -0.524. The first-order valence-electron chi connectivity index (χ1n) is 6.47. The Labute approximate surface area is 107 Å². The zero-order chi connectivity index (χ0) is 13.0. The molecule has 98 valence electrons. The molecule has 1 heterocycles. The van der Waals surface area contributed by atoms with Gasteiger partial charge in [0, 0.05) is 0 Å². The van der Waals surface area contributed by atoms with Crippen molar-refractivity contribution >= 4 is 11.6 Å². The van der Waals surface area contributed by atoms with Crippen molar-refractivity contribution in [1.82, 2.24) is 5.32 Å². The van der Waals surface area contributed by atoms with Crippen LogP contribution in [0, 0.1) is 12.7 Å². The second-order valence-corrected chi connectivity index (χ2v) is 4.83. The molecule has 2 N–H and O–H groups in total. The molecule has 0 radical (unpaired) electrons. The van der Waals surface area contributed by atoms with Gasteiger partial charge in [0.2, 0.25) is 5.91 Å². The Bertz CT molecular complexity index is 426. The lowest BCUT2D eigenvalue weighted by molar-refractivity contribution is -0.118. The van der Waals surface area contributed by atoms with Gasteiger partial charge in [-0.15, -0.1) is 0 Å². The molecule has 18 heavy (non-hydrogen) atoms. The summed E-state index contributed by atoms with van der Waals surface area (Å²) in [6.07, 6.45) is 4.11. The third-order valence-corrected chi connectivity index (χ3v) is 3.26. The summed E-state index contributed by atoms with van der Waals surface area (Å²) < 4.78 is 13.5. The average Bonchev–Trinajstić information content (AvgIpc) is 2.62. The molecule has 0 aromatic heterocycles. The first-order chi connectivity index (χ1) is 8.66. The number of halogens is 1. The SMILES string of the molecule is Cc1ccc(F)c(NC(=O)C2CCCCCN2)c1. The number of anilines is 1. The zero-order valence-corrected chi connectivity index (χ0v) is 10.6. The monoisotopic (exact) mass is 250 g/mol. The van der Waals surface area contributed by atoms with Gasteiger partial charge < -0.3 is 10.6 Å². The van der Waals surface area contributed by atoms with Gasteiger partial charge in [-0.3, -0.25) is 4.79 Å². The predicted octanol–water partition coefficient (Wildman–Crippen LogP) is 2.60. The van der Waals surface area contributed by atoms with Gasteiger partial charge in [0.05, 0.1) is 11.7 Å². The Morgan fingerprint density at radius 2 is 2.22 bits per heavy atom. The van der Waals surface area contributed by atoms with E-state index in [1.165, 1.54) is 6.07 Å². The second kappa shape index (κ2) is 5.96. The molecular weight excluding hydrogens is 231 g/mol. The number of carbonyl (C=O) groups excluding carboxylic acids is 1. The third kappa shape index (κ3) is 3.29. The van der Waals surface area contributed by atoms with Gasteiger partial charge >= 0.3 is 0 Å². The molecule has 1 aromatic carbocycles. The predicted molar refractivity (Wildman–Crippen MR) is 70.0 cm³/mol. The van der Waals surface area contributed by atoms with Gasteiger partial charge in [0.1, 0.15) is 5.82 Å². The maximum absolute atomic E-state index is 13.5. The molecule has 0 bridgehead atoms. The van der Waals surface area contributed by atoms with Gasteiger partial charge in [-0.05, 0) is 44.0 Å². The summed E-state index contributed by atoms with van der Waals surface area (Å²) >= 11 is 0.